The number of rotatable bonds is 8. The fraction of sp³-hybridized carbons (Fsp3) is 0.500. The van der Waals surface area contributed by atoms with Gasteiger partial charge in [0.05, 0.1) is 23.4 Å². The molecule has 1 aromatic rings. The molecule has 0 atom stereocenters. The Labute approximate surface area is 141 Å². The van der Waals surface area contributed by atoms with Crippen molar-refractivity contribution in [3.8, 4) is 5.75 Å². The Morgan fingerprint density at radius 1 is 1.30 bits per heavy atom. The van der Waals surface area contributed by atoms with Crippen molar-refractivity contribution in [3.05, 3.63) is 22.7 Å². The highest BCUT2D eigenvalue weighted by Gasteiger charge is 2.15. The van der Waals surface area contributed by atoms with Gasteiger partial charge >= 0.3 is 0 Å². The van der Waals surface area contributed by atoms with E-state index in [0.717, 1.165) is 0 Å². The van der Waals surface area contributed by atoms with Crippen LogP contribution in [0.15, 0.2) is 12.1 Å². The van der Waals surface area contributed by atoms with Gasteiger partial charge in [-0.1, -0.05) is 11.6 Å². The molecule has 0 spiro atoms. The molecule has 2 amide bonds. The van der Waals surface area contributed by atoms with E-state index in [-0.39, 0.29) is 11.8 Å². The second-order valence-corrected chi connectivity index (χ2v) is 5.41. The predicted molar refractivity (Wildman–Crippen MR) is 91.9 cm³/mol. The van der Waals surface area contributed by atoms with Crippen molar-refractivity contribution >= 4 is 29.1 Å². The highest BCUT2D eigenvalue weighted by molar-refractivity contribution is 6.33. The fourth-order valence-corrected chi connectivity index (χ4v) is 2.35. The van der Waals surface area contributed by atoms with Crippen molar-refractivity contribution < 1.29 is 14.3 Å². The summed E-state index contributed by atoms with van der Waals surface area (Å²) in [5.74, 6) is 0.153. The molecule has 0 aliphatic heterocycles. The number of nitrogens with two attached hydrogens (primary N) is 1. The Balaban J connectivity index is 2.55. The number of halogens is 1. The number of carbonyl (C=O) groups excluding carboxylic acids is 2. The van der Waals surface area contributed by atoms with Crippen LogP contribution in [0.4, 0.5) is 5.69 Å². The molecule has 0 bridgehead atoms. The Morgan fingerprint density at radius 3 is 2.52 bits per heavy atom. The van der Waals surface area contributed by atoms with Crippen molar-refractivity contribution in [2.75, 3.05) is 32.5 Å². The lowest BCUT2D eigenvalue weighted by atomic mass is 10.1. The van der Waals surface area contributed by atoms with Crippen LogP contribution < -0.4 is 15.8 Å². The standard InChI is InChI=1S/C16H24ClN3O3/c1-4-20(5-2)15(21)7-6-8-19-16(22)11-9-12(17)13(18)10-14(11)23-3/h9-10H,4-8,18H2,1-3H3,(H,19,22). The second-order valence-electron chi connectivity index (χ2n) is 5.00. The van der Waals surface area contributed by atoms with Gasteiger partial charge in [-0.15, -0.1) is 0 Å². The minimum absolute atomic E-state index is 0.0948. The lowest BCUT2D eigenvalue weighted by molar-refractivity contribution is -0.130. The van der Waals surface area contributed by atoms with E-state index in [1.165, 1.54) is 19.2 Å². The maximum Gasteiger partial charge on any atom is 0.255 e. The van der Waals surface area contributed by atoms with E-state index in [1.54, 1.807) is 4.90 Å². The summed E-state index contributed by atoms with van der Waals surface area (Å²) in [6.07, 6.45) is 0.980. The van der Waals surface area contributed by atoms with E-state index in [4.69, 9.17) is 22.1 Å². The Kier molecular flexibility index (Phi) is 7.68. The number of ether oxygens (including phenoxy) is 1. The van der Waals surface area contributed by atoms with Crippen LogP contribution in [0.1, 0.15) is 37.0 Å². The monoisotopic (exact) mass is 341 g/mol. The number of carbonyl (C=O) groups is 2. The van der Waals surface area contributed by atoms with Crippen LogP contribution in [0.25, 0.3) is 0 Å². The van der Waals surface area contributed by atoms with Crippen LogP contribution in [-0.4, -0.2) is 43.5 Å². The van der Waals surface area contributed by atoms with E-state index in [2.05, 4.69) is 5.32 Å². The number of nitrogens with one attached hydrogen (secondary N) is 1. The summed E-state index contributed by atoms with van der Waals surface area (Å²) in [7, 11) is 1.46. The molecule has 0 radical (unpaired) electrons. The van der Waals surface area contributed by atoms with Crippen molar-refractivity contribution in [1.29, 1.82) is 0 Å². The molecule has 0 aromatic heterocycles. The summed E-state index contributed by atoms with van der Waals surface area (Å²) in [6.45, 7) is 5.68. The largest absolute Gasteiger partial charge is 0.496 e. The van der Waals surface area contributed by atoms with E-state index >= 15 is 0 Å². The SMILES string of the molecule is CCN(CC)C(=O)CCCNC(=O)c1cc(Cl)c(N)cc1OC. The fourth-order valence-electron chi connectivity index (χ4n) is 2.19. The minimum Gasteiger partial charge on any atom is -0.496 e. The first-order valence-corrected chi connectivity index (χ1v) is 8.01. The highest BCUT2D eigenvalue weighted by atomic mass is 35.5. The third kappa shape index (κ3) is 5.32. The third-order valence-corrected chi connectivity index (χ3v) is 3.86. The molecule has 7 heteroatoms. The Bertz CT molecular complexity index is 560. The van der Waals surface area contributed by atoms with Gasteiger partial charge in [0.2, 0.25) is 5.91 Å². The molecule has 1 rings (SSSR count). The summed E-state index contributed by atoms with van der Waals surface area (Å²) >= 11 is 5.95. The van der Waals surface area contributed by atoms with Gasteiger partial charge in [-0.25, -0.2) is 0 Å². The van der Waals surface area contributed by atoms with Crippen molar-refractivity contribution in [2.45, 2.75) is 26.7 Å². The molecule has 23 heavy (non-hydrogen) atoms. The van der Waals surface area contributed by atoms with Crippen molar-refractivity contribution in [3.63, 3.8) is 0 Å². The Hall–Kier alpha value is -1.95. The molecule has 128 valence electrons. The van der Waals surface area contributed by atoms with E-state index in [9.17, 15) is 9.59 Å². The summed E-state index contributed by atoms with van der Waals surface area (Å²) < 4.78 is 5.15. The van der Waals surface area contributed by atoms with E-state index < -0.39 is 0 Å². The zero-order chi connectivity index (χ0) is 17.4. The molecule has 6 nitrogen and oxygen atoms in total. The van der Waals surface area contributed by atoms with Gasteiger partial charge in [0.25, 0.3) is 5.91 Å². The van der Waals surface area contributed by atoms with Gasteiger partial charge in [0, 0.05) is 32.1 Å². The predicted octanol–water partition coefficient (Wildman–Crippen LogP) is 2.31. The molecule has 1 aromatic carbocycles. The highest BCUT2D eigenvalue weighted by Crippen LogP contribution is 2.28. The molecule has 0 aliphatic rings. The molecule has 0 saturated carbocycles. The summed E-state index contributed by atoms with van der Waals surface area (Å²) in [5, 5.41) is 3.06. The Morgan fingerprint density at radius 2 is 1.96 bits per heavy atom. The van der Waals surface area contributed by atoms with E-state index in [1.807, 2.05) is 13.8 Å². The van der Waals surface area contributed by atoms with Gasteiger partial charge in [0.15, 0.2) is 0 Å². The van der Waals surface area contributed by atoms with Crippen molar-refractivity contribution in [2.24, 2.45) is 0 Å². The summed E-state index contributed by atoms with van der Waals surface area (Å²) in [6, 6.07) is 2.99. The van der Waals surface area contributed by atoms with E-state index in [0.29, 0.717) is 54.5 Å². The molecule has 3 N–H and O–H groups in total. The molecular weight excluding hydrogens is 318 g/mol. The molecule has 0 aliphatic carbocycles. The number of methoxy groups -OCH3 is 1. The second kappa shape index (κ2) is 9.25. The number of nitrogen functional groups attached to an aromatic ring is 1. The molecule has 0 unspecified atom stereocenters. The van der Waals surface area contributed by atoms with Gasteiger partial charge < -0.3 is 20.7 Å². The minimum atomic E-state index is -0.306. The zero-order valence-corrected chi connectivity index (χ0v) is 14.6. The van der Waals surface area contributed by atoms with Crippen LogP contribution in [-0.2, 0) is 4.79 Å². The maximum atomic E-state index is 12.2. The first-order valence-electron chi connectivity index (χ1n) is 7.63. The summed E-state index contributed by atoms with van der Waals surface area (Å²) in [5.41, 5.74) is 6.36. The normalized spacial score (nSPS) is 10.3. The first-order chi connectivity index (χ1) is 10.9. The van der Waals surface area contributed by atoms with Gasteiger partial charge in [-0.2, -0.15) is 0 Å². The maximum absolute atomic E-state index is 12.2. The third-order valence-electron chi connectivity index (χ3n) is 3.53. The van der Waals surface area contributed by atoms with Crippen LogP contribution in [0.2, 0.25) is 5.02 Å². The zero-order valence-electron chi connectivity index (χ0n) is 13.8. The lowest BCUT2D eigenvalue weighted by Crippen LogP contribution is -2.31. The van der Waals surface area contributed by atoms with Crippen molar-refractivity contribution in [1.82, 2.24) is 10.2 Å². The first kappa shape index (κ1) is 19.1. The number of anilines is 1. The molecular formula is C16H24ClN3O3. The van der Waals surface area contributed by atoms with Gasteiger partial charge in [-0.05, 0) is 26.3 Å². The van der Waals surface area contributed by atoms with Crippen LogP contribution >= 0.6 is 11.6 Å². The smallest absolute Gasteiger partial charge is 0.255 e. The van der Waals surface area contributed by atoms with Crippen LogP contribution in [0.3, 0.4) is 0 Å². The number of hydrogen-bond acceptors (Lipinski definition) is 4. The topological polar surface area (TPSA) is 84.7 Å². The summed E-state index contributed by atoms with van der Waals surface area (Å²) in [4.78, 5) is 25.8. The number of amides is 2. The number of hydrogen-bond donors (Lipinski definition) is 2. The van der Waals surface area contributed by atoms with Crippen LogP contribution in [0.5, 0.6) is 5.75 Å². The number of nitrogens with zero attached hydrogens (tertiary/aromatic N) is 1. The lowest BCUT2D eigenvalue weighted by Gasteiger charge is -2.18. The average molecular weight is 342 g/mol. The number of benzene rings is 1. The molecule has 0 heterocycles. The van der Waals surface area contributed by atoms with Crippen LogP contribution in [0, 0.1) is 0 Å². The quantitative estimate of drug-likeness (QED) is 0.561. The average Bonchev–Trinajstić information content (AvgIpc) is 2.54. The molecule has 0 fully saturated rings. The van der Waals surface area contributed by atoms with Gasteiger partial charge in [0.1, 0.15) is 5.75 Å². The molecule has 0 saturated heterocycles. The van der Waals surface area contributed by atoms with Gasteiger partial charge in [-0.3, -0.25) is 9.59 Å².